The molecule has 2 aromatic heterocycles. The molecular weight excluding hydrogens is 486 g/mol. The van der Waals surface area contributed by atoms with Gasteiger partial charge in [0.25, 0.3) is 0 Å². The summed E-state index contributed by atoms with van der Waals surface area (Å²) in [4.78, 5) is 4.51. The highest BCUT2D eigenvalue weighted by atomic mass is 32.2. The van der Waals surface area contributed by atoms with Gasteiger partial charge in [-0.05, 0) is 31.2 Å². The Balaban J connectivity index is 2.37. The van der Waals surface area contributed by atoms with E-state index in [2.05, 4.69) is 34.8 Å². The van der Waals surface area contributed by atoms with E-state index in [4.69, 9.17) is 14.2 Å². The molecule has 0 aliphatic heterocycles. The van der Waals surface area contributed by atoms with E-state index in [1.165, 1.54) is 25.6 Å². The number of benzene rings is 1. The van der Waals surface area contributed by atoms with E-state index in [1.54, 1.807) is 47.9 Å². The van der Waals surface area contributed by atoms with Crippen LogP contribution in [-0.2, 0) is 10.0 Å². The highest BCUT2D eigenvalue weighted by Crippen LogP contribution is 2.39. The first-order chi connectivity index (χ1) is 16.6. The van der Waals surface area contributed by atoms with Crippen LogP contribution < -0.4 is 18.5 Å². The molecule has 0 unspecified atom stereocenters. The Hall–Kier alpha value is -3.12. The van der Waals surface area contributed by atoms with Crippen LogP contribution in [0.2, 0.25) is 25.7 Å². The summed E-state index contributed by atoms with van der Waals surface area (Å²) >= 11 is 0. The van der Waals surface area contributed by atoms with Crippen molar-refractivity contribution in [2.45, 2.75) is 32.6 Å². The number of nitrogens with zero attached hydrogens (tertiary/aromatic N) is 5. The fourth-order valence-electron chi connectivity index (χ4n) is 3.47. The van der Waals surface area contributed by atoms with Crippen molar-refractivity contribution in [1.82, 2.24) is 19.7 Å². The number of aromatic nitrogens is 4. The van der Waals surface area contributed by atoms with E-state index in [9.17, 15) is 8.42 Å². The predicted molar refractivity (Wildman–Crippen MR) is 139 cm³/mol. The summed E-state index contributed by atoms with van der Waals surface area (Å²) in [5.41, 5.74) is 0.927. The Morgan fingerprint density at radius 2 is 1.57 bits per heavy atom. The van der Waals surface area contributed by atoms with Crippen LogP contribution in [0.4, 0.5) is 5.95 Å². The van der Waals surface area contributed by atoms with Crippen molar-refractivity contribution < 1.29 is 22.6 Å². The van der Waals surface area contributed by atoms with Gasteiger partial charge in [-0.2, -0.15) is 0 Å². The van der Waals surface area contributed by atoms with E-state index in [-0.39, 0.29) is 18.2 Å². The third-order valence-corrected chi connectivity index (χ3v) is 8.89. The lowest BCUT2D eigenvalue weighted by Crippen LogP contribution is -2.38. The number of rotatable bonds is 11. The average molecular weight is 520 g/mol. The van der Waals surface area contributed by atoms with Crippen LogP contribution >= 0.6 is 0 Å². The van der Waals surface area contributed by atoms with Crippen molar-refractivity contribution in [2.75, 3.05) is 37.9 Å². The number of anilines is 1. The lowest BCUT2D eigenvalue weighted by atomic mass is 10.2. The van der Waals surface area contributed by atoms with Crippen LogP contribution in [0.5, 0.6) is 17.4 Å². The molecule has 1 aromatic carbocycles. The van der Waals surface area contributed by atoms with E-state index >= 15 is 0 Å². The average Bonchev–Trinajstić information content (AvgIpc) is 3.26. The Morgan fingerprint density at radius 1 is 0.943 bits per heavy atom. The van der Waals surface area contributed by atoms with Crippen LogP contribution in [0.3, 0.4) is 0 Å². The van der Waals surface area contributed by atoms with Crippen LogP contribution in [0.1, 0.15) is 6.92 Å². The molecule has 0 aliphatic carbocycles. The maximum Gasteiger partial charge on any atom is 0.246 e. The zero-order valence-electron chi connectivity index (χ0n) is 21.3. The lowest BCUT2D eigenvalue weighted by molar-refractivity contribution is 0.391. The molecule has 0 radical (unpaired) electrons. The molecule has 0 atom stereocenters. The summed E-state index contributed by atoms with van der Waals surface area (Å²) in [5.74, 6) is 1.71. The van der Waals surface area contributed by atoms with Crippen LogP contribution in [0.15, 0.2) is 36.4 Å². The Labute approximate surface area is 207 Å². The third-order valence-electron chi connectivity index (χ3n) is 5.42. The number of pyridine rings is 1. The minimum atomic E-state index is -3.68. The van der Waals surface area contributed by atoms with Crippen molar-refractivity contribution in [3.8, 4) is 34.6 Å². The minimum Gasteiger partial charge on any atom is -0.494 e. The van der Waals surface area contributed by atoms with Gasteiger partial charge in [-0.15, -0.1) is 10.2 Å². The van der Waals surface area contributed by atoms with Crippen LogP contribution in [0, 0.1) is 0 Å². The zero-order chi connectivity index (χ0) is 25.8. The number of methoxy groups -OCH3 is 3. The summed E-state index contributed by atoms with van der Waals surface area (Å²) in [7, 11) is -0.666. The Kier molecular flexibility index (Phi) is 8.06. The largest absolute Gasteiger partial charge is 0.494 e. The quantitative estimate of drug-likeness (QED) is 0.352. The predicted octanol–water partition coefficient (Wildman–Crippen LogP) is 3.85. The molecule has 0 spiro atoms. The highest BCUT2D eigenvalue weighted by molar-refractivity contribution is 7.92. The molecule has 3 rings (SSSR count). The van der Waals surface area contributed by atoms with Gasteiger partial charge >= 0.3 is 0 Å². The molecule has 2 heterocycles. The topological polar surface area (TPSA) is 109 Å². The number of hydrogen-bond acceptors (Lipinski definition) is 8. The number of para-hydroxylation sites is 1. The molecular formula is C23H33N5O5SSi. The molecule has 3 aromatic rings. The molecule has 0 saturated carbocycles. The smallest absolute Gasteiger partial charge is 0.246 e. The molecule has 0 bridgehead atoms. The molecule has 0 amide bonds. The summed E-state index contributed by atoms with van der Waals surface area (Å²) in [6.07, 6.45) is 0. The summed E-state index contributed by atoms with van der Waals surface area (Å²) < 4.78 is 46.2. The van der Waals surface area contributed by atoms with Gasteiger partial charge in [0.15, 0.2) is 5.82 Å². The normalized spacial score (nSPS) is 11.9. The molecule has 0 saturated heterocycles. The van der Waals surface area contributed by atoms with E-state index in [0.29, 0.717) is 34.6 Å². The van der Waals surface area contributed by atoms with Crippen molar-refractivity contribution in [3.63, 3.8) is 0 Å². The van der Waals surface area contributed by atoms with Gasteiger partial charge in [0, 0.05) is 20.7 Å². The maximum absolute atomic E-state index is 13.3. The molecule has 10 nitrogen and oxygen atoms in total. The monoisotopic (exact) mass is 519 g/mol. The Morgan fingerprint density at radius 3 is 2.11 bits per heavy atom. The van der Waals surface area contributed by atoms with Crippen molar-refractivity contribution in [3.05, 3.63) is 36.4 Å². The van der Waals surface area contributed by atoms with Crippen molar-refractivity contribution in [2.24, 2.45) is 0 Å². The first-order valence-electron chi connectivity index (χ1n) is 11.2. The highest BCUT2D eigenvalue weighted by Gasteiger charge is 2.32. The van der Waals surface area contributed by atoms with E-state index in [0.717, 1.165) is 6.04 Å². The second-order valence-corrected chi connectivity index (χ2v) is 16.8. The lowest BCUT2D eigenvalue weighted by Gasteiger charge is -2.27. The Bertz CT molecular complexity index is 1250. The number of sulfonamides is 1. The maximum atomic E-state index is 13.3. The first-order valence-corrected chi connectivity index (χ1v) is 16.6. The van der Waals surface area contributed by atoms with Gasteiger partial charge in [-0.1, -0.05) is 31.8 Å². The number of hydrogen-bond donors (Lipinski definition) is 0. The fourth-order valence-corrected chi connectivity index (χ4v) is 5.58. The molecule has 0 N–H and O–H groups in total. The van der Waals surface area contributed by atoms with Gasteiger partial charge in [-0.25, -0.2) is 17.7 Å². The van der Waals surface area contributed by atoms with Gasteiger partial charge in [0.05, 0.1) is 27.1 Å². The van der Waals surface area contributed by atoms with Crippen LogP contribution in [0.25, 0.3) is 17.2 Å². The summed E-state index contributed by atoms with van der Waals surface area (Å²) in [6, 6.07) is 11.3. The fraction of sp³-hybridized carbons (Fsp3) is 0.435. The van der Waals surface area contributed by atoms with Gasteiger partial charge < -0.3 is 14.2 Å². The SMILES string of the molecule is CCS(=O)(=O)N(CC[Si](C)(C)C)c1nnc(-c2cccc(OC)n2)n1-c1c(OC)cccc1OC. The molecule has 35 heavy (non-hydrogen) atoms. The van der Waals surface area contributed by atoms with Gasteiger partial charge in [0.2, 0.25) is 21.9 Å². The van der Waals surface area contributed by atoms with Gasteiger partial charge in [0.1, 0.15) is 22.9 Å². The van der Waals surface area contributed by atoms with Gasteiger partial charge in [-0.3, -0.25) is 4.57 Å². The molecule has 0 fully saturated rings. The molecule has 12 heteroatoms. The molecule has 190 valence electrons. The summed E-state index contributed by atoms with van der Waals surface area (Å²) in [6.45, 7) is 8.49. The van der Waals surface area contributed by atoms with E-state index in [1.807, 2.05) is 0 Å². The second-order valence-electron chi connectivity index (χ2n) is 9.02. The second kappa shape index (κ2) is 10.6. The van der Waals surface area contributed by atoms with Crippen LogP contribution in [-0.4, -0.2) is 69.9 Å². The number of ether oxygens (including phenoxy) is 3. The van der Waals surface area contributed by atoms with E-state index < -0.39 is 18.1 Å². The minimum absolute atomic E-state index is 0.0820. The first kappa shape index (κ1) is 26.5. The third kappa shape index (κ3) is 5.76. The standard InChI is InChI=1S/C23H33N5O5SSi/c1-8-34(29,30)27(15-16-35(5,6)7)23-26-25-22(17-11-9-14-20(24-17)33-4)28(23)21-18(31-2)12-10-13-19(21)32-3/h9-14H,8,15-16H2,1-7H3. The van der Waals surface area contributed by atoms with Crippen molar-refractivity contribution >= 4 is 24.0 Å². The summed E-state index contributed by atoms with van der Waals surface area (Å²) in [5, 5.41) is 8.76. The molecule has 0 aliphatic rings. The zero-order valence-corrected chi connectivity index (χ0v) is 23.1. The van der Waals surface area contributed by atoms with Crippen molar-refractivity contribution in [1.29, 1.82) is 0 Å².